The molecule has 1 aromatic rings. The maximum Gasteiger partial charge on any atom is 0.409 e. The largest absolute Gasteiger partial charge is 0.490 e. The average Bonchev–Trinajstić information content (AvgIpc) is 3.07. The Labute approximate surface area is 137 Å². The molecule has 1 atom stereocenters. The molecule has 0 radical (unpaired) electrons. The van der Waals surface area contributed by atoms with Gasteiger partial charge in [-0.1, -0.05) is 0 Å². The van der Waals surface area contributed by atoms with Crippen molar-refractivity contribution in [3.8, 4) is 5.75 Å². The molecule has 6 nitrogen and oxygen atoms in total. The van der Waals surface area contributed by atoms with Crippen LogP contribution in [0, 0.1) is 0 Å². The molecule has 1 amide bonds. The fourth-order valence-electron chi connectivity index (χ4n) is 3.39. The number of rotatable bonds is 4. The summed E-state index contributed by atoms with van der Waals surface area (Å²) in [7, 11) is 0. The number of hydrogen-bond donors (Lipinski definition) is 0. The van der Waals surface area contributed by atoms with Crippen LogP contribution in [0.15, 0.2) is 24.5 Å². The number of aromatic nitrogens is 1. The summed E-state index contributed by atoms with van der Waals surface area (Å²) in [5.41, 5.74) is 0. The van der Waals surface area contributed by atoms with E-state index in [1.807, 2.05) is 24.0 Å². The Morgan fingerprint density at radius 2 is 1.96 bits per heavy atom. The van der Waals surface area contributed by atoms with Gasteiger partial charge in [-0.2, -0.15) is 0 Å². The van der Waals surface area contributed by atoms with Crippen molar-refractivity contribution in [2.24, 2.45) is 0 Å². The van der Waals surface area contributed by atoms with Crippen molar-refractivity contribution in [1.82, 2.24) is 14.8 Å². The number of amides is 1. The van der Waals surface area contributed by atoms with Gasteiger partial charge >= 0.3 is 6.09 Å². The summed E-state index contributed by atoms with van der Waals surface area (Å²) in [4.78, 5) is 20.1. The number of pyridine rings is 1. The first-order valence-corrected chi connectivity index (χ1v) is 8.48. The first-order chi connectivity index (χ1) is 11.3. The first-order valence-electron chi connectivity index (χ1n) is 8.48. The smallest absolute Gasteiger partial charge is 0.409 e. The number of carbonyl (C=O) groups excluding carboxylic acids is 1. The monoisotopic (exact) mass is 319 g/mol. The van der Waals surface area contributed by atoms with Gasteiger partial charge in [0.05, 0.1) is 6.61 Å². The van der Waals surface area contributed by atoms with E-state index in [0.717, 1.165) is 51.2 Å². The van der Waals surface area contributed by atoms with Crippen LogP contribution in [0.2, 0.25) is 0 Å². The van der Waals surface area contributed by atoms with Gasteiger partial charge in [0.2, 0.25) is 0 Å². The highest BCUT2D eigenvalue weighted by Gasteiger charge is 2.33. The van der Waals surface area contributed by atoms with E-state index >= 15 is 0 Å². The molecule has 3 rings (SSSR count). The van der Waals surface area contributed by atoms with Crippen molar-refractivity contribution >= 4 is 6.09 Å². The Morgan fingerprint density at radius 3 is 2.65 bits per heavy atom. The predicted octanol–water partition coefficient (Wildman–Crippen LogP) is 2.16. The Kier molecular flexibility index (Phi) is 5.33. The maximum absolute atomic E-state index is 11.8. The Morgan fingerprint density at radius 1 is 1.22 bits per heavy atom. The molecule has 2 aliphatic rings. The quantitative estimate of drug-likeness (QED) is 0.851. The lowest BCUT2D eigenvalue weighted by Crippen LogP contribution is -2.45. The Balaban J connectivity index is 1.43. The van der Waals surface area contributed by atoms with Crippen LogP contribution in [0.4, 0.5) is 4.79 Å². The number of hydrogen-bond acceptors (Lipinski definition) is 5. The standard InChI is InChI=1S/C17H25N3O3/c1-2-22-17(21)20-10-5-14(13-20)19-11-6-16(7-12-19)23-15-3-8-18-9-4-15/h3-4,8-9,14,16H,2,5-7,10-13H2,1H3/t14-/m1/s1. The molecule has 6 heteroatoms. The molecule has 0 aromatic carbocycles. The zero-order valence-corrected chi connectivity index (χ0v) is 13.7. The molecular weight excluding hydrogens is 294 g/mol. The molecule has 0 saturated carbocycles. The zero-order chi connectivity index (χ0) is 16.1. The van der Waals surface area contributed by atoms with Crippen LogP contribution < -0.4 is 4.74 Å². The van der Waals surface area contributed by atoms with Crippen molar-refractivity contribution in [2.75, 3.05) is 32.8 Å². The van der Waals surface area contributed by atoms with Crippen molar-refractivity contribution in [2.45, 2.75) is 38.3 Å². The van der Waals surface area contributed by atoms with Gasteiger partial charge in [-0.15, -0.1) is 0 Å². The van der Waals surface area contributed by atoms with Crippen LogP contribution in [0.1, 0.15) is 26.2 Å². The van der Waals surface area contributed by atoms with Gasteiger partial charge in [-0.3, -0.25) is 9.88 Å². The van der Waals surface area contributed by atoms with E-state index in [0.29, 0.717) is 12.6 Å². The molecule has 2 fully saturated rings. The van der Waals surface area contributed by atoms with Crippen molar-refractivity contribution in [3.05, 3.63) is 24.5 Å². The van der Waals surface area contributed by atoms with E-state index in [2.05, 4.69) is 9.88 Å². The molecule has 0 bridgehead atoms. The summed E-state index contributed by atoms with van der Waals surface area (Å²) in [6, 6.07) is 4.27. The van der Waals surface area contributed by atoms with Gasteiger partial charge < -0.3 is 14.4 Å². The molecule has 126 valence electrons. The Bertz CT molecular complexity index is 503. The van der Waals surface area contributed by atoms with Crippen LogP contribution in [-0.4, -0.2) is 65.8 Å². The fraction of sp³-hybridized carbons (Fsp3) is 0.647. The molecule has 1 aromatic heterocycles. The second-order valence-corrected chi connectivity index (χ2v) is 6.12. The lowest BCUT2D eigenvalue weighted by atomic mass is 10.0. The third-order valence-electron chi connectivity index (χ3n) is 4.63. The summed E-state index contributed by atoms with van der Waals surface area (Å²) in [6.45, 7) is 5.93. The van der Waals surface area contributed by atoms with E-state index in [1.165, 1.54) is 0 Å². The van der Waals surface area contributed by atoms with Crippen LogP contribution in [-0.2, 0) is 4.74 Å². The molecular formula is C17H25N3O3. The normalized spacial score (nSPS) is 23.0. The summed E-state index contributed by atoms with van der Waals surface area (Å²) in [6.07, 6.45) is 6.70. The molecule has 0 unspecified atom stereocenters. The van der Waals surface area contributed by atoms with Crippen LogP contribution in [0.3, 0.4) is 0 Å². The number of nitrogens with zero attached hydrogens (tertiary/aromatic N) is 3. The van der Waals surface area contributed by atoms with E-state index in [-0.39, 0.29) is 12.2 Å². The fourth-order valence-corrected chi connectivity index (χ4v) is 3.39. The highest BCUT2D eigenvalue weighted by atomic mass is 16.6. The summed E-state index contributed by atoms with van der Waals surface area (Å²) in [5, 5.41) is 0. The number of likely N-dealkylation sites (tertiary alicyclic amines) is 2. The van der Waals surface area contributed by atoms with E-state index < -0.39 is 0 Å². The van der Waals surface area contributed by atoms with Crippen LogP contribution in [0.5, 0.6) is 5.75 Å². The van der Waals surface area contributed by atoms with E-state index in [9.17, 15) is 4.79 Å². The van der Waals surface area contributed by atoms with Crippen molar-refractivity contribution in [1.29, 1.82) is 0 Å². The van der Waals surface area contributed by atoms with Gasteiger partial charge in [-0.05, 0) is 38.3 Å². The molecule has 0 N–H and O–H groups in total. The van der Waals surface area contributed by atoms with E-state index in [1.54, 1.807) is 12.4 Å². The highest BCUT2D eigenvalue weighted by Crippen LogP contribution is 2.23. The highest BCUT2D eigenvalue weighted by molar-refractivity contribution is 5.68. The number of piperidine rings is 1. The van der Waals surface area contributed by atoms with Gasteiger partial charge in [-0.25, -0.2) is 4.79 Å². The minimum Gasteiger partial charge on any atom is -0.490 e. The van der Waals surface area contributed by atoms with Gasteiger partial charge in [0.25, 0.3) is 0 Å². The maximum atomic E-state index is 11.8. The summed E-state index contributed by atoms with van der Waals surface area (Å²) in [5.74, 6) is 0.896. The lowest BCUT2D eigenvalue weighted by molar-refractivity contribution is 0.0739. The second-order valence-electron chi connectivity index (χ2n) is 6.12. The molecule has 2 saturated heterocycles. The average molecular weight is 319 g/mol. The second kappa shape index (κ2) is 7.64. The summed E-state index contributed by atoms with van der Waals surface area (Å²) >= 11 is 0. The topological polar surface area (TPSA) is 54.9 Å². The lowest BCUT2D eigenvalue weighted by Gasteiger charge is -2.35. The number of carbonyl (C=O) groups is 1. The number of ether oxygens (including phenoxy) is 2. The van der Waals surface area contributed by atoms with Crippen LogP contribution in [0.25, 0.3) is 0 Å². The van der Waals surface area contributed by atoms with Gasteiger partial charge in [0.1, 0.15) is 11.9 Å². The molecule has 3 heterocycles. The van der Waals surface area contributed by atoms with Gasteiger partial charge in [0, 0.05) is 44.6 Å². The molecule has 0 aliphatic carbocycles. The third-order valence-corrected chi connectivity index (χ3v) is 4.63. The molecule has 2 aliphatic heterocycles. The van der Waals surface area contributed by atoms with Crippen LogP contribution >= 0.6 is 0 Å². The van der Waals surface area contributed by atoms with Crippen molar-refractivity contribution < 1.29 is 14.3 Å². The van der Waals surface area contributed by atoms with E-state index in [4.69, 9.17) is 9.47 Å². The zero-order valence-electron chi connectivity index (χ0n) is 13.7. The molecule has 23 heavy (non-hydrogen) atoms. The summed E-state index contributed by atoms with van der Waals surface area (Å²) < 4.78 is 11.1. The Hall–Kier alpha value is -1.82. The van der Waals surface area contributed by atoms with Gasteiger partial charge in [0.15, 0.2) is 0 Å². The predicted molar refractivity (Wildman–Crippen MR) is 86.5 cm³/mol. The minimum absolute atomic E-state index is 0.175. The first kappa shape index (κ1) is 16.1. The minimum atomic E-state index is -0.175. The third kappa shape index (κ3) is 4.13. The molecule has 0 spiro atoms. The van der Waals surface area contributed by atoms with Crippen molar-refractivity contribution in [3.63, 3.8) is 0 Å². The SMILES string of the molecule is CCOC(=O)N1CC[C@@H](N2CCC(Oc3ccncc3)CC2)C1.